The Morgan fingerprint density at radius 3 is 1.72 bits per heavy atom. The van der Waals surface area contributed by atoms with E-state index in [1.54, 1.807) is 6.07 Å². The third-order valence-corrected chi connectivity index (χ3v) is 7.50. The lowest BCUT2D eigenvalue weighted by Gasteiger charge is -2.18. The maximum absolute atomic E-state index is 9.31. The molecule has 0 N–H and O–H groups in total. The minimum absolute atomic E-state index is 0.0216. The Kier molecular flexibility index (Phi) is 2.61. The normalized spacial score (nSPS) is 17.9. The van der Waals surface area contributed by atoms with Gasteiger partial charge in [-0.15, -0.1) is 0 Å². The van der Waals surface area contributed by atoms with Gasteiger partial charge >= 0.3 is 0 Å². The van der Waals surface area contributed by atoms with Gasteiger partial charge in [0.05, 0.1) is 26.0 Å². The van der Waals surface area contributed by atoms with E-state index in [9.17, 15) is 5.48 Å². The van der Waals surface area contributed by atoms with Crippen molar-refractivity contribution in [1.29, 1.82) is 0 Å². The van der Waals surface area contributed by atoms with Gasteiger partial charge < -0.3 is 4.42 Å². The third kappa shape index (κ3) is 3.72. The van der Waals surface area contributed by atoms with Gasteiger partial charge in [-0.2, -0.15) is 0 Å². The fraction of sp³-hybridized carbons (Fsp3) is 0. The fourth-order valence-corrected chi connectivity index (χ4v) is 5.62. The Morgan fingerprint density at radius 2 is 1.00 bits per heavy atom. The molecule has 0 bridgehead atoms. The molecule has 1 aromatic heterocycles. The van der Waals surface area contributed by atoms with Crippen molar-refractivity contribution in [2.45, 2.75) is 0 Å². The van der Waals surface area contributed by atoms with E-state index in [2.05, 4.69) is 0 Å². The van der Waals surface area contributed by atoms with Gasteiger partial charge in [-0.1, -0.05) is 145 Å². The number of fused-ring (bicyclic) bond motifs is 6. The fourth-order valence-electron chi connectivity index (χ4n) is 5.62. The smallest absolute Gasteiger partial charge is 0.143 e. The standard InChI is InChI=1S/C42H26O/c1-2-11-30-26-31(25-22-27(30)10-1)28-20-23-29(24-21-28)40-33-13-3-5-15-35(33)41(36-16-6-4-14-34(36)40)38-18-9-17-37-32-12-7-8-19-39(32)43-42(37)38/h1-26H/i1D,2D,3D,4D,5D,6D,7D,8D,10D,11D,12D,13D,14D,15D,16D,19D,22D,25D,26D. The average Bonchev–Trinajstić information content (AvgIpc) is 3.66. The van der Waals surface area contributed by atoms with E-state index in [0.717, 1.165) is 0 Å². The van der Waals surface area contributed by atoms with Crippen molar-refractivity contribution in [1.82, 2.24) is 0 Å². The van der Waals surface area contributed by atoms with Crippen LogP contribution in [-0.4, -0.2) is 0 Å². The Bertz CT molecular complexity index is 3480. The number of benzene rings is 8. The average molecular weight is 566 g/mol. The van der Waals surface area contributed by atoms with Crippen LogP contribution in [0.3, 0.4) is 0 Å². The van der Waals surface area contributed by atoms with Crippen molar-refractivity contribution in [3.63, 3.8) is 0 Å². The lowest BCUT2D eigenvalue weighted by Crippen LogP contribution is -1.91. The van der Waals surface area contributed by atoms with Gasteiger partial charge in [-0.05, 0) is 66.7 Å². The maximum atomic E-state index is 9.31. The van der Waals surface area contributed by atoms with Gasteiger partial charge in [0.15, 0.2) is 0 Å². The van der Waals surface area contributed by atoms with Gasteiger partial charge in [0.25, 0.3) is 0 Å². The number of furan rings is 1. The number of hydrogen-bond acceptors (Lipinski definition) is 1. The summed E-state index contributed by atoms with van der Waals surface area (Å²) in [6.45, 7) is 0. The van der Waals surface area contributed by atoms with Gasteiger partial charge in [-0.25, -0.2) is 0 Å². The predicted molar refractivity (Wildman–Crippen MR) is 183 cm³/mol. The molecule has 0 saturated carbocycles. The zero-order chi connectivity index (χ0) is 44.9. The second-order valence-corrected chi connectivity index (χ2v) is 9.82. The molecule has 0 radical (unpaired) electrons. The van der Waals surface area contributed by atoms with E-state index in [-0.39, 0.29) is 87.6 Å². The highest BCUT2D eigenvalue weighted by molar-refractivity contribution is 6.24. The SMILES string of the molecule is [2H]c1c([2H])c([2H])c2c(oc3c(-c4c5c([2H])c([2H])c([2H])c([2H])c5c(-c5ccc(-c6c([2H])c([2H])c7c([2H])c([2H])c([2H])c([2H])c7c6[2H])cc5)c5c([2H])c([2H])c([2H])c([2H])c45)cccc32)c1[2H]. The molecular formula is C42H26O. The van der Waals surface area contributed by atoms with Crippen molar-refractivity contribution >= 4 is 54.3 Å². The highest BCUT2D eigenvalue weighted by atomic mass is 16.3. The molecule has 0 atom stereocenters. The Hall–Kier alpha value is -5.66. The Balaban J connectivity index is 1.43. The third-order valence-electron chi connectivity index (χ3n) is 7.50. The highest BCUT2D eigenvalue weighted by Gasteiger charge is 2.20. The Morgan fingerprint density at radius 1 is 0.419 bits per heavy atom. The molecule has 0 aliphatic carbocycles. The molecule has 9 rings (SSSR count). The summed E-state index contributed by atoms with van der Waals surface area (Å²) in [7, 11) is 0. The van der Waals surface area contributed by atoms with Crippen LogP contribution in [0.15, 0.2) is 162 Å². The van der Waals surface area contributed by atoms with Crippen LogP contribution in [0.1, 0.15) is 26.0 Å². The van der Waals surface area contributed by atoms with E-state index >= 15 is 0 Å². The monoisotopic (exact) mass is 565 g/mol. The molecular weight excluding hydrogens is 520 g/mol. The summed E-state index contributed by atoms with van der Waals surface area (Å²) < 4.78 is 172. The van der Waals surface area contributed by atoms with Crippen LogP contribution in [0.25, 0.3) is 87.6 Å². The molecule has 0 fully saturated rings. The van der Waals surface area contributed by atoms with Crippen molar-refractivity contribution in [2.24, 2.45) is 0 Å². The van der Waals surface area contributed by atoms with Gasteiger partial charge in [0.2, 0.25) is 0 Å². The zero-order valence-corrected chi connectivity index (χ0v) is 21.9. The van der Waals surface area contributed by atoms with Crippen LogP contribution < -0.4 is 0 Å². The first-order valence-corrected chi connectivity index (χ1v) is 13.2. The number of hydrogen-bond donors (Lipinski definition) is 0. The van der Waals surface area contributed by atoms with E-state index in [0.29, 0.717) is 0 Å². The van der Waals surface area contributed by atoms with Gasteiger partial charge in [-0.3, -0.25) is 0 Å². The van der Waals surface area contributed by atoms with Crippen molar-refractivity contribution in [2.75, 3.05) is 0 Å². The molecule has 1 nitrogen and oxygen atoms in total. The summed E-state index contributed by atoms with van der Waals surface area (Å²) in [6, 6.07) is -0.217. The molecule has 0 unspecified atom stereocenters. The zero-order valence-electron chi connectivity index (χ0n) is 40.9. The first-order chi connectivity index (χ1) is 29.2. The van der Waals surface area contributed by atoms with E-state index in [1.165, 1.54) is 36.4 Å². The largest absolute Gasteiger partial charge is 0.455 e. The molecule has 8 aromatic carbocycles. The minimum Gasteiger partial charge on any atom is -0.455 e. The van der Waals surface area contributed by atoms with Crippen LogP contribution in [0, 0.1) is 0 Å². The summed E-state index contributed by atoms with van der Waals surface area (Å²) in [5.41, 5.74) is -0.0110. The lowest BCUT2D eigenvalue weighted by molar-refractivity contribution is 0.670. The number of rotatable bonds is 3. The number of para-hydroxylation sites is 2. The molecule has 0 aliphatic rings. The molecule has 9 aromatic rings. The molecule has 0 aliphatic heterocycles. The van der Waals surface area contributed by atoms with Crippen molar-refractivity contribution in [3.8, 4) is 33.4 Å². The minimum atomic E-state index is -0.659. The van der Waals surface area contributed by atoms with E-state index < -0.39 is 115 Å². The van der Waals surface area contributed by atoms with Crippen LogP contribution in [0.4, 0.5) is 0 Å². The van der Waals surface area contributed by atoms with Crippen LogP contribution in [-0.2, 0) is 0 Å². The van der Waals surface area contributed by atoms with Crippen LogP contribution in [0.2, 0.25) is 0 Å². The summed E-state index contributed by atoms with van der Waals surface area (Å²) in [5.74, 6) is 0. The molecule has 43 heavy (non-hydrogen) atoms. The van der Waals surface area contributed by atoms with E-state index in [1.807, 2.05) is 0 Å². The quantitative estimate of drug-likeness (QED) is 0.194. The second-order valence-electron chi connectivity index (χ2n) is 9.82. The first kappa shape index (κ1) is 11.9. The summed E-state index contributed by atoms with van der Waals surface area (Å²) in [6.07, 6.45) is 0. The van der Waals surface area contributed by atoms with Crippen LogP contribution >= 0.6 is 0 Å². The lowest BCUT2D eigenvalue weighted by atomic mass is 9.85. The predicted octanol–water partition coefficient (Wildman–Crippen LogP) is 12.0. The topological polar surface area (TPSA) is 13.1 Å². The van der Waals surface area contributed by atoms with Crippen LogP contribution in [0.5, 0.6) is 0 Å². The summed E-state index contributed by atoms with van der Waals surface area (Å²) in [5, 5.41) is -0.902. The molecule has 0 spiro atoms. The maximum Gasteiger partial charge on any atom is 0.143 e. The Labute approximate surface area is 275 Å². The van der Waals surface area contributed by atoms with Crippen molar-refractivity contribution in [3.05, 3.63) is 157 Å². The molecule has 200 valence electrons. The molecule has 1 heteroatoms. The molecule has 0 saturated heterocycles. The molecule has 0 amide bonds. The summed E-state index contributed by atoms with van der Waals surface area (Å²) >= 11 is 0. The second kappa shape index (κ2) is 9.44. The van der Waals surface area contributed by atoms with Gasteiger partial charge in [0, 0.05) is 21.9 Å². The van der Waals surface area contributed by atoms with E-state index in [4.69, 9.17) is 25.0 Å². The van der Waals surface area contributed by atoms with Crippen molar-refractivity contribution < 1.29 is 30.5 Å². The van der Waals surface area contributed by atoms with Gasteiger partial charge in [0.1, 0.15) is 11.2 Å². The summed E-state index contributed by atoms with van der Waals surface area (Å²) in [4.78, 5) is 0. The molecule has 1 heterocycles. The first-order valence-electron chi connectivity index (χ1n) is 22.7. The highest BCUT2D eigenvalue weighted by Crippen LogP contribution is 2.46.